The van der Waals surface area contributed by atoms with Crippen molar-refractivity contribution in [3.63, 3.8) is 0 Å². The van der Waals surface area contributed by atoms with Crippen LogP contribution in [0.3, 0.4) is 0 Å². The van der Waals surface area contributed by atoms with E-state index in [-0.39, 0.29) is 0 Å². The van der Waals surface area contributed by atoms with E-state index in [4.69, 9.17) is 0 Å². The predicted molar refractivity (Wildman–Crippen MR) is 83.3 cm³/mol. The van der Waals surface area contributed by atoms with Crippen molar-refractivity contribution in [2.24, 2.45) is 17.3 Å². The molecular formula is C15H28S2. The molecule has 2 aliphatic rings. The van der Waals surface area contributed by atoms with Crippen LogP contribution in [0.15, 0.2) is 0 Å². The molecule has 0 aliphatic heterocycles. The van der Waals surface area contributed by atoms with Gasteiger partial charge in [-0.2, -0.15) is 25.3 Å². The first-order chi connectivity index (χ1) is 8.28. The summed E-state index contributed by atoms with van der Waals surface area (Å²) in [6.45, 7) is 0. The third-order valence-corrected chi connectivity index (χ3v) is 6.15. The number of hydrogen-bond acceptors (Lipinski definition) is 2. The molecule has 2 atom stereocenters. The largest absolute Gasteiger partial charge is 0.179 e. The Labute approximate surface area is 118 Å². The lowest BCUT2D eigenvalue weighted by Crippen LogP contribution is -2.32. The highest BCUT2D eigenvalue weighted by Crippen LogP contribution is 2.46. The van der Waals surface area contributed by atoms with E-state index in [1.807, 2.05) is 0 Å². The van der Waals surface area contributed by atoms with Gasteiger partial charge in [0.05, 0.1) is 0 Å². The van der Waals surface area contributed by atoms with Crippen molar-refractivity contribution < 1.29 is 0 Å². The average Bonchev–Trinajstić information content (AvgIpc) is 2.28. The first-order valence-electron chi connectivity index (χ1n) is 7.50. The van der Waals surface area contributed by atoms with Crippen molar-refractivity contribution >= 4 is 25.3 Å². The molecule has 2 saturated carbocycles. The average molecular weight is 273 g/mol. The van der Waals surface area contributed by atoms with Gasteiger partial charge in [0.2, 0.25) is 0 Å². The Balaban J connectivity index is 1.82. The van der Waals surface area contributed by atoms with Gasteiger partial charge in [-0.25, -0.2) is 0 Å². The van der Waals surface area contributed by atoms with E-state index in [0.717, 1.165) is 23.3 Å². The molecule has 0 saturated heterocycles. The molecule has 0 spiro atoms. The maximum Gasteiger partial charge on any atom is -0.00411 e. The summed E-state index contributed by atoms with van der Waals surface area (Å²) in [4.78, 5) is 0. The molecule has 0 radical (unpaired) electrons. The zero-order valence-corrected chi connectivity index (χ0v) is 12.8. The van der Waals surface area contributed by atoms with E-state index in [9.17, 15) is 0 Å². The van der Waals surface area contributed by atoms with E-state index < -0.39 is 0 Å². The van der Waals surface area contributed by atoms with Crippen LogP contribution in [0.1, 0.15) is 64.2 Å². The summed E-state index contributed by atoms with van der Waals surface area (Å²) in [6, 6.07) is 0. The standard InChI is InChI=1S/C15H28S2/c16-10-7-14-5-2-8-15(11-14,12-17)9-6-13-3-1-4-13/h13-14,16-17H,1-12H2. The molecule has 0 nitrogen and oxygen atoms in total. The van der Waals surface area contributed by atoms with Crippen LogP contribution in [0.2, 0.25) is 0 Å². The van der Waals surface area contributed by atoms with Gasteiger partial charge in [-0.3, -0.25) is 0 Å². The van der Waals surface area contributed by atoms with Gasteiger partial charge >= 0.3 is 0 Å². The molecule has 0 amide bonds. The van der Waals surface area contributed by atoms with Crippen molar-refractivity contribution in [3.05, 3.63) is 0 Å². The van der Waals surface area contributed by atoms with Gasteiger partial charge in [0, 0.05) is 0 Å². The third-order valence-electron chi connectivity index (χ3n) is 5.22. The quantitative estimate of drug-likeness (QED) is 0.625. The normalized spacial score (nSPS) is 34.6. The number of hydrogen-bond donors (Lipinski definition) is 2. The summed E-state index contributed by atoms with van der Waals surface area (Å²) in [5.74, 6) is 4.19. The van der Waals surface area contributed by atoms with Gasteiger partial charge in [0.1, 0.15) is 0 Å². The Morgan fingerprint density at radius 3 is 2.29 bits per heavy atom. The smallest absolute Gasteiger partial charge is 0.00411 e. The Bertz CT molecular complexity index is 223. The van der Waals surface area contributed by atoms with Crippen LogP contribution in [0.5, 0.6) is 0 Å². The minimum absolute atomic E-state index is 0.588. The summed E-state index contributed by atoms with van der Waals surface area (Å²) in [6.07, 6.45) is 14.5. The third kappa shape index (κ3) is 3.83. The van der Waals surface area contributed by atoms with Gasteiger partial charge < -0.3 is 0 Å². The molecule has 0 heterocycles. The molecule has 100 valence electrons. The van der Waals surface area contributed by atoms with Gasteiger partial charge in [-0.05, 0) is 60.9 Å². The summed E-state index contributed by atoms with van der Waals surface area (Å²) in [5, 5.41) is 0. The summed E-state index contributed by atoms with van der Waals surface area (Å²) < 4.78 is 0. The predicted octanol–water partition coefficient (Wildman–Crippen LogP) is 4.99. The minimum Gasteiger partial charge on any atom is -0.179 e. The van der Waals surface area contributed by atoms with E-state index in [2.05, 4.69) is 25.3 Å². The van der Waals surface area contributed by atoms with Crippen LogP contribution >= 0.6 is 25.3 Å². The fourth-order valence-corrected chi connectivity index (χ4v) is 4.56. The second-order valence-corrected chi connectivity index (χ2v) is 7.23. The molecule has 0 aromatic rings. The molecule has 2 fully saturated rings. The fraction of sp³-hybridized carbons (Fsp3) is 1.00. The Morgan fingerprint density at radius 1 is 0.941 bits per heavy atom. The van der Waals surface area contributed by atoms with Gasteiger partial charge in [-0.15, -0.1) is 0 Å². The van der Waals surface area contributed by atoms with E-state index in [1.54, 1.807) is 0 Å². The Hall–Kier alpha value is 0.700. The molecule has 0 N–H and O–H groups in total. The Kier molecular flexibility index (Phi) is 5.60. The summed E-state index contributed by atoms with van der Waals surface area (Å²) in [7, 11) is 0. The van der Waals surface area contributed by atoms with Crippen LogP contribution in [-0.2, 0) is 0 Å². The lowest BCUT2D eigenvalue weighted by molar-refractivity contribution is 0.128. The summed E-state index contributed by atoms with van der Waals surface area (Å²) in [5.41, 5.74) is 0.588. The molecule has 0 bridgehead atoms. The number of rotatable bonds is 6. The highest BCUT2D eigenvalue weighted by molar-refractivity contribution is 7.80. The first kappa shape index (κ1) is 14.1. The molecule has 2 heteroatoms. The second kappa shape index (κ2) is 6.75. The van der Waals surface area contributed by atoms with Crippen LogP contribution in [0, 0.1) is 17.3 Å². The number of thiol groups is 2. The maximum absolute atomic E-state index is 4.69. The van der Waals surface area contributed by atoms with Gasteiger partial charge in [-0.1, -0.05) is 32.1 Å². The fourth-order valence-electron chi connectivity index (χ4n) is 3.75. The molecular weight excluding hydrogens is 244 g/mol. The molecule has 0 aromatic heterocycles. The highest BCUT2D eigenvalue weighted by Gasteiger charge is 2.35. The van der Waals surface area contributed by atoms with E-state index in [1.165, 1.54) is 64.2 Å². The van der Waals surface area contributed by atoms with Crippen LogP contribution < -0.4 is 0 Å². The first-order valence-corrected chi connectivity index (χ1v) is 8.76. The van der Waals surface area contributed by atoms with Crippen molar-refractivity contribution in [1.29, 1.82) is 0 Å². The van der Waals surface area contributed by atoms with Crippen LogP contribution in [0.4, 0.5) is 0 Å². The monoisotopic (exact) mass is 272 g/mol. The zero-order chi connectivity index (χ0) is 12.1. The van der Waals surface area contributed by atoms with Crippen molar-refractivity contribution in [3.8, 4) is 0 Å². The van der Waals surface area contributed by atoms with E-state index >= 15 is 0 Å². The van der Waals surface area contributed by atoms with Crippen molar-refractivity contribution in [2.75, 3.05) is 11.5 Å². The SMILES string of the molecule is SCCC1CCCC(CS)(CCC2CCC2)C1. The summed E-state index contributed by atoms with van der Waals surface area (Å²) >= 11 is 9.10. The minimum atomic E-state index is 0.588. The molecule has 2 aliphatic carbocycles. The van der Waals surface area contributed by atoms with Gasteiger partial charge in [0.25, 0.3) is 0 Å². The van der Waals surface area contributed by atoms with E-state index in [0.29, 0.717) is 5.41 Å². The van der Waals surface area contributed by atoms with Crippen molar-refractivity contribution in [2.45, 2.75) is 64.2 Å². The maximum atomic E-state index is 4.69. The molecule has 0 aromatic carbocycles. The molecule has 2 rings (SSSR count). The highest BCUT2D eigenvalue weighted by atomic mass is 32.1. The zero-order valence-electron chi connectivity index (χ0n) is 11.0. The second-order valence-electron chi connectivity index (χ2n) is 6.47. The molecule has 2 unspecified atom stereocenters. The lowest BCUT2D eigenvalue weighted by Gasteiger charge is -2.42. The Morgan fingerprint density at radius 2 is 1.71 bits per heavy atom. The lowest BCUT2D eigenvalue weighted by atomic mass is 9.66. The van der Waals surface area contributed by atoms with Gasteiger partial charge in [0.15, 0.2) is 0 Å². The topological polar surface area (TPSA) is 0 Å². The van der Waals surface area contributed by atoms with Crippen molar-refractivity contribution in [1.82, 2.24) is 0 Å². The molecule has 17 heavy (non-hydrogen) atoms. The van der Waals surface area contributed by atoms with Crippen LogP contribution in [-0.4, -0.2) is 11.5 Å². The van der Waals surface area contributed by atoms with Crippen LogP contribution in [0.25, 0.3) is 0 Å².